The SMILES string of the molecule is C=Cc1ccc(C2(C#N)CCN(Cc3ccccc3)CC2)cc1OCC1CCN(C(C)=O)CC1. The number of nitriles is 1. The van der Waals surface area contributed by atoms with Crippen LogP contribution in [0.3, 0.4) is 0 Å². The molecule has 2 aliphatic heterocycles. The summed E-state index contributed by atoms with van der Waals surface area (Å²) in [4.78, 5) is 15.9. The van der Waals surface area contributed by atoms with Gasteiger partial charge in [0.2, 0.25) is 5.91 Å². The summed E-state index contributed by atoms with van der Waals surface area (Å²) < 4.78 is 6.29. The van der Waals surface area contributed by atoms with Gasteiger partial charge in [-0.15, -0.1) is 0 Å². The molecule has 0 spiro atoms. The van der Waals surface area contributed by atoms with Gasteiger partial charge >= 0.3 is 0 Å². The minimum atomic E-state index is -0.488. The van der Waals surface area contributed by atoms with Gasteiger partial charge < -0.3 is 9.64 Å². The predicted molar refractivity (Wildman–Crippen MR) is 135 cm³/mol. The van der Waals surface area contributed by atoms with Gasteiger partial charge in [-0.1, -0.05) is 55.1 Å². The van der Waals surface area contributed by atoms with Crippen molar-refractivity contribution in [1.29, 1.82) is 5.26 Å². The lowest BCUT2D eigenvalue weighted by molar-refractivity contribution is -0.130. The van der Waals surface area contributed by atoms with Crippen molar-refractivity contribution in [2.75, 3.05) is 32.8 Å². The minimum absolute atomic E-state index is 0.151. The summed E-state index contributed by atoms with van der Waals surface area (Å²) in [5.41, 5.74) is 2.82. The van der Waals surface area contributed by atoms with Gasteiger partial charge in [0.15, 0.2) is 0 Å². The largest absolute Gasteiger partial charge is 0.493 e. The lowest BCUT2D eigenvalue weighted by atomic mass is 9.73. The molecule has 0 aromatic heterocycles. The maximum absolute atomic E-state index is 11.6. The van der Waals surface area contributed by atoms with Gasteiger partial charge in [-0.2, -0.15) is 5.26 Å². The molecule has 5 nitrogen and oxygen atoms in total. The molecule has 178 valence electrons. The van der Waals surface area contributed by atoms with Crippen molar-refractivity contribution in [2.45, 2.75) is 44.6 Å². The molecule has 1 amide bonds. The molecule has 0 radical (unpaired) electrons. The number of ether oxygens (including phenoxy) is 1. The summed E-state index contributed by atoms with van der Waals surface area (Å²) in [6, 6.07) is 19.4. The predicted octanol–water partition coefficient (Wildman–Crippen LogP) is 5.02. The standard InChI is InChI=1S/C29H35N3O2/c1-3-26-9-10-27(19-28(26)34-21-25-11-15-32(16-12-25)23(2)33)29(22-30)13-17-31(18-14-29)20-24-7-5-4-6-8-24/h3-10,19,25H,1,11-18,20-21H2,2H3. The molecule has 5 heteroatoms. The summed E-state index contributed by atoms with van der Waals surface area (Å²) in [7, 11) is 0. The second kappa shape index (κ2) is 10.9. The third kappa shape index (κ3) is 5.51. The Morgan fingerprint density at radius 1 is 1.15 bits per heavy atom. The van der Waals surface area contributed by atoms with Crippen LogP contribution in [-0.2, 0) is 16.8 Å². The Kier molecular flexibility index (Phi) is 7.70. The van der Waals surface area contributed by atoms with E-state index in [9.17, 15) is 10.1 Å². The number of hydrogen-bond donors (Lipinski definition) is 0. The quantitative estimate of drug-likeness (QED) is 0.586. The first-order valence-corrected chi connectivity index (χ1v) is 12.4. The van der Waals surface area contributed by atoms with Gasteiger partial charge in [-0.25, -0.2) is 0 Å². The second-order valence-corrected chi connectivity index (χ2v) is 9.67. The first-order valence-electron chi connectivity index (χ1n) is 12.4. The van der Waals surface area contributed by atoms with Crippen molar-refractivity contribution in [3.63, 3.8) is 0 Å². The van der Waals surface area contributed by atoms with E-state index in [1.807, 2.05) is 23.1 Å². The zero-order chi connectivity index (χ0) is 24.0. The van der Waals surface area contributed by atoms with Gasteiger partial charge in [-0.05, 0) is 48.8 Å². The highest BCUT2D eigenvalue weighted by Gasteiger charge is 2.37. The number of likely N-dealkylation sites (tertiary alicyclic amines) is 2. The Labute approximate surface area is 203 Å². The molecule has 0 aliphatic carbocycles. The molecule has 2 aromatic rings. The van der Waals surface area contributed by atoms with Gasteiger partial charge in [0.1, 0.15) is 5.75 Å². The molecule has 2 aromatic carbocycles. The lowest BCUT2D eigenvalue weighted by Crippen LogP contribution is -2.41. The van der Waals surface area contributed by atoms with Crippen molar-refractivity contribution in [3.8, 4) is 11.8 Å². The molecule has 2 aliphatic rings. The van der Waals surface area contributed by atoms with Crippen molar-refractivity contribution in [3.05, 3.63) is 71.8 Å². The second-order valence-electron chi connectivity index (χ2n) is 9.67. The van der Waals surface area contributed by atoms with Crippen molar-refractivity contribution in [2.24, 2.45) is 5.92 Å². The van der Waals surface area contributed by atoms with E-state index in [4.69, 9.17) is 4.74 Å². The van der Waals surface area contributed by atoms with Crippen LogP contribution in [-0.4, -0.2) is 48.5 Å². The van der Waals surface area contributed by atoms with Gasteiger partial charge in [-0.3, -0.25) is 9.69 Å². The molecule has 0 saturated carbocycles. The Balaban J connectivity index is 1.41. The molecule has 34 heavy (non-hydrogen) atoms. The van der Waals surface area contributed by atoms with Gasteiger partial charge in [0, 0.05) is 45.2 Å². The Morgan fingerprint density at radius 2 is 1.85 bits per heavy atom. The number of piperidine rings is 2. The van der Waals surface area contributed by atoms with Crippen LogP contribution >= 0.6 is 0 Å². The van der Waals surface area contributed by atoms with Crippen LogP contribution in [0.5, 0.6) is 5.75 Å². The molecule has 2 fully saturated rings. The number of rotatable bonds is 7. The number of nitrogens with zero attached hydrogens (tertiary/aromatic N) is 3. The first-order chi connectivity index (χ1) is 16.5. The average Bonchev–Trinajstić information content (AvgIpc) is 2.88. The molecule has 2 heterocycles. The monoisotopic (exact) mass is 457 g/mol. The minimum Gasteiger partial charge on any atom is -0.493 e. The third-order valence-electron chi connectivity index (χ3n) is 7.49. The molecule has 2 saturated heterocycles. The van der Waals surface area contributed by atoms with E-state index in [-0.39, 0.29) is 5.91 Å². The normalized spacial score (nSPS) is 18.8. The zero-order valence-corrected chi connectivity index (χ0v) is 20.2. The topological polar surface area (TPSA) is 56.6 Å². The molecule has 0 bridgehead atoms. The van der Waals surface area contributed by atoms with Crippen LogP contribution in [0.2, 0.25) is 0 Å². The zero-order valence-electron chi connectivity index (χ0n) is 20.2. The van der Waals surface area contributed by atoms with E-state index in [1.165, 1.54) is 5.56 Å². The molecular weight excluding hydrogens is 422 g/mol. The highest BCUT2D eigenvalue weighted by Crippen LogP contribution is 2.38. The van der Waals surface area contributed by atoms with E-state index < -0.39 is 5.41 Å². The van der Waals surface area contributed by atoms with Crippen LogP contribution in [0.4, 0.5) is 0 Å². The number of benzene rings is 2. The lowest BCUT2D eigenvalue weighted by Gasteiger charge is -2.38. The fourth-order valence-electron chi connectivity index (χ4n) is 5.15. The fraction of sp³-hybridized carbons (Fsp3) is 0.448. The van der Waals surface area contributed by atoms with E-state index in [0.717, 1.165) is 75.3 Å². The molecular formula is C29H35N3O2. The molecule has 4 rings (SSSR count). The number of carbonyl (C=O) groups excluding carboxylic acids is 1. The van der Waals surface area contributed by atoms with Gasteiger partial charge in [0.05, 0.1) is 18.1 Å². The molecule has 0 N–H and O–H groups in total. The summed E-state index contributed by atoms with van der Waals surface area (Å²) in [6.07, 6.45) is 5.36. The van der Waals surface area contributed by atoms with E-state index in [0.29, 0.717) is 12.5 Å². The maximum atomic E-state index is 11.6. The highest BCUT2D eigenvalue weighted by atomic mass is 16.5. The van der Waals surface area contributed by atoms with Gasteiger partial charge in [0.25, 0.3) is 0 Å². The van der Waals surface area contributed by atoms with E-state index in [1.54, 1.807) is 6.92 Å². The maximum Gasteiger partial charge on any atom is 0.219 e. The Bertz CT molecular complexity index is 1030. The summed E-state index contributed by atoms with van der Waals surface area (Å²) in [5, 5.41) is 10.2. The smallest absolute Gasteiger partial charge is 0.219 e. The van der Waals surface area contributed by atoms with Crippen molar-refractivity contribution < 1.29 is 9.53 Å². The van der Waals surface area contributed by atoms with E-state index >= 15 is 0 Å². The van der Waals surface area contributed by atoms with Crippen molar-refractivity contribution >= 4 is 12.0 Å². The first kappa shape index (κ1) is 24.0. The van der Waals surface area contributed by atoms with Crippen LogP contribution in [0.15, 0.2) is 55.1 Å². The fourth-order valence-corrected chi connectivity index (χ4v) is 5.15. The highest BCUT2D eigenvalue weighted by molar-refractivity contribution is 5.73. The Hall–Kier alpha value is -3.10. The summed E-state index contributed by atoms with van der Waals surface area (Å²) >= 11 is 0. The summed E-state index contributed by atoms with van der Waals surface area (Å²) in [6.45, 7) is 10.5. The van der Waals surface area contributed by atoms with Crippen LogP contribution < -0.4 is 4.74 Å². The van der Waals surface area contributed by atoms with Crippen molar-refractivity contribution in [1.82, 2.24) is 9.80 Å². The molecule has 0 unspecified atom stereocenters. The van der Waals surface area contributed by atoms with E-state index in [2.05, 4.69) is 53.9 Å². The molecule has 0 atom stereocenters. The third-order valence-corrected chi connectivity index (χ3v) is 7.49. The average molecular weight is 458 g/mol. The number of hydrogen-bond acceptors (Lipinski definition) is 4. The number of carbonyl (C=O) groups is 1. The number of amides is 1. The Morgan fingerprint density at radius 3 is 2.47 bits per heavy atom. The van der Waals surface area contributed by atoms with Crippen LogP contribution in [0.1, 0.15) is 49.3 Å². The van der Waals surface area contributed by atoms with Crippen LogP contribution in [0, 0.1) is 17.2 Å². The van der Waals surface area contributed by atoms with Crippen LogP contribution in [0.25, 0.3) is 6.08 Å². The summed E-state index contributed by atoms with van der Waals surface area (Å²) in [5.74, 6) is 1.39.